The highest BCUT2D eigenvalue weighted by Crippen LogP contribution is 2.31. The molecule has 1 aliphatic rings. The van der Waals surface area contributed by atoms with E-state index in [1.807, 2.05) is 12.1 Å². The van der Waals surface area contributed by atoms with Gasteiger partial charge in [0.1, 0.15) is 11.6 Å². The number of benzene rings is 1. The van der Waals surface area contributed by atoms with Gasteiger partial charge in [0.05, 0.1) is 24.3 Å². The summed E-state index contributed by atoms with van der Waals surface area (Å²) in [5.41, 5.74) is 0.363. The summed E-state index contributed by atoms with van der Waals surface area (Å²) in [7, 11) is 0. The average Bonchev–Trinajstić information content (AvgIpc) is 2.91. The summed E-state index contributed by atoms with van der Waals surface area (Å²) in [6.45, 7) is 5.68. The SMILES string of the molecule is O=C(Nc1cccc(C(F)(F)F)c1)c1cccnc1NCc1ccnc(NCCCN2CCOCC2)c1. The second-order valence-corrected chi connectivity index (χ2v) is 8.57. The number of morpholine rings is 1. The monoisotopic (exact) mass is 514 g/mol. The maximum absolute atomic E-state index is 13.0. The van der Waals surface area contributed by atoms with Gasteiger partial charge in [-0.05, 0) is 61.0 Å². The van der Waals surface area contributed by atoms with E-state index in [1.165, 1.54) is 18.3 Å². The van der Waals surface area contributed by atoms with Gasteiger partial charge in [0, 0.05) is 44.3 Å². The number of halogens is 3. The second-order valence-electron chi connectivity index (χ2n) is 8.57. The molecule has 0 radical (unpaired) electrons. The first-order valence-electron chi connectivity index (χ1n) is 12.0. The molecule has 1 amide bonds. The quantitative estimate of drug-likeness (QED) is 0.343. The molecule has 37 heavy (non-hydrogen) atoms. The number of amides is 1. The smallest absolute Gasteiger partial charge is 0.379 e. The van der Waals surface area contributed by atoms with Crippen molar-refractivity contribution in [3.63, 3.8) is 0 Å². The van der Waals surface area contributed by atoms with Crippen LogP contribution in [-0.2, 0) is 17.5 Å². The molecule has 4 rings (SSSR count). The van der Waals surface area contributed by atoms with Crippen molar-refractivity contribution >= 4 is 23.2 Å². The van der Waals surface area contributed by atoms with Gasteiger partial charge < -0.3 is 20.7 Å². The maximum Gasteiger partial charge on any atom is 0.416 e. The zero-order chi connectivity index (χ0) is 26.1. The standard InChI is InChI=1S/C26H29F3N6O2/c27-26(28,29)20-4-1-5-21(17-20)34-25(36)22-6-2-8-32-24(22)33-18-19-7-10-31-23(16-19)30-9-3-11-35-12-14-37-15-13-35/h1-2,4-8,10,16-17H,3,9,11-15,18H2,(H,30,31)(H,32,33)(H,34,36). The van der Waals surface area contributed by atoms with Gasteiger partial charge in [0.2, 0.25) is 0 Å². The molecule has 0 atom stereocenters. The van der Waals surface area contributed by atoms with Crippen LogP contribution < -0.4 is 16.0 Å². The van der Waals surface area contributed by atoms with Crippen molar-refractivity contribution in [1.29, 1.82) is 0 Å². The minimum absolute atomic E-state index is 0.0492. The predicted octanol–water partition coefficient (Wildman–Crippen LogP) is 4.49. The number of hydrogen-bond donors (Lipinski definition) is 3. The molecule has 3 N–H and O–H groups in total. The fourth-order valence-corrected chi connectivity index (χ4v) is 3.91. The zero-order valence-corrected chi connectivity index (χ0v) is 20.2. The van der Waals surface area contributed by atoms with Crippen LogP contribution in [0.4, 0.5) is 30.5 Å². The van der Waals surface area contributed by atoms with Gasteiger partial charge in [0.25, 0.3) is 5.91 Å². The minimum atomic E-state index is -4.50. The number of aromatic nitrogens is 2. The zero-order valence-electron chi connectivity index (χ0n) is 20.2. The fourth-order valence-electron chi connectivity index (χ4n) is 3.91. The number of anilines is 3. The topological polar surface area (TPSA) is 91.4 Å². The Labute approximate surface area is 213 Å². The Morgan fingerprint density at radius 3 is 2.65 bits per heavy atom. The van der Waals surface area contributed by atoms with E-state index < -0.39 is 17.6 Å². The molecule has 2 aromatic heterocycles. The molecule has 1 fully saturated rings. The number of ether oxygens (including phenoxy) is 1. The molecule has 8 nitrogen and oxygen atoms in total. The van der Waals surface area contributed by atoms with Gasteiger partial charge in [-0.1, -0.05) is 6.07 Å². The van der Waals surface area contributed by atoms with E-state index in [1.54, 1.807) is 18.3 Å². The van der Waals surface area contributed by atoms with E-state index in [0.29, 0.717) is 12.4 Å². The third kappa shape index (κ3) is 7.89. The number of nitrogens with zero attached hydrogens (tertiary/aromatic N) is 3. The Kier molecular flexibility index (Phi) is 8.91. The Morgan fingerprint density at radius 1 is 1.00 bits per heavy atom. The fraction of sp³-hybridized carbons (Fsp3) is 0.346. The molecule has 3 aromatic rings. The van der Waals surface area contributed by atoms with Crippen LogP contribution in [-0.4, -0.2) is 60.2 Å². The van der Waals surface area contributed by atoms with E-state index in [0.717, 1.165) is 69.3 Å². The average molecular weight is 515 g/mol. The van der Waals surface area contributed by atoms with E-state index in [4.69, 9.17) is 4.74 Å². The van der Waals surface area contributed by atoms with Crippen molar-refractivity contribution < 1.29 is 22.7 Å². The summed E-state index contributed by atoms with van der Waals surface area (Å²) in [5.74, 6) is 0.515. The highest BCUT2D eigenvalue weighted by molar-refractivity contribution is 6.07. The second kappa shape index (κ2) is 12.5. The van der Waals surface area contributed by atoms with Crippen molar-refractivity contribution in [2.75, 3.05) is 55.3 Å². The molecule has 1 aliphatic heterocycles. The normalized spacial score (nSPS) is 14.2. The van der Waals surface area contributed by atoms with Crippen molar-refractivity contribution in [2.24, 2.45) is 0 Å². The Morgan fingerprint density at radius 2 is 1.84 bits per heavy atom. The van der Waals surface area contributed by atoms with Crippen LogP contribution in [0.5, 0.6) is 0 Å². The molecule has 0 unspecified atom stereocenters. The van der Waals surface area contributed by atoms with Crippen LogP contribution in [0.15, 0.2) is 60.9 Å². The van der Waals surface area contributed by atoms with Crippen LogP contribution in [0.3, 0.4) is 0 Å². The first-order chi connectivity index (χ1) is 17.9. The van der Waals surface area contributed by atoms with Crippen molar-refractivity contribution in [3.8, 4) is 0 Å². The number of rotatable bonds is 10. The van der Waals surface area contributed by atoms with E-state index in [9.17, 15) is 18.0 Å². The maximum atomic E-state index is 13.0. The van der Waals surface area contributed by atoms with Crippen molar-refractivity contribution in [1.82, 2.24) is 14.9 Å². The van der Waals surface area contributed by atoms with Crippen LogP contribution >= 0.6 is 0 Å². The van der Waals surface area contributed by atoms with Crippen LogP contribution in [0.25, 0.3) is 0 Å². The largest absolute Gasteiger partial charge is 0.416 e. The third-order valence-corrected chi connectivity index (χ3v) is 5.85. The van der Waals surface area contributed by atoms with Gasteiger partial charge >= 0.3 is 6.18 Å². The van der Waals surface area contributed by atoms with E-state index in [-0.39, 0.29) is 11.3 Å². The van der Waals surface area contributed by atoms with Crippen molar-refractivity contribution in [3.05, 3.63) is 77.6 Å². The lowest BCUT2D eigenvalue weighted by Crippen LogP contribution is -2.37. The number of carbonyl (C=O) groups excluding carboxylic acids is 1. The number of pyridine rings is 2. The minimum Gasteiger partial charge on any atom is -0.379 e. The molecular weight excluding hydrogens is 485 g/mol. The molecule has 11 heteroatoms. The van der Waals surface area contributed by atoms with Crippen molar-refractivity contribution in [2.45, 2.75) is 19.1 Å². The number of alkyl halides is 3. The molecule has 0 bridgehead atoms. The lowest BCUT2D eigenvalue weighted by atomic mass is 10.1. The summed E-state index contributed by atoms with van der Waals surface area (Å²) < 4.78 is 44.4. The van der Waals surface area contributed by atoms with E-state index >= 15 is 0 Å². The Bertz CT molecular complexity index is 1180. The molecule has 196 valence electrons. The summed E-state index contributed by atoms with van der Waals surface area (Å²) in [4.78, 5) is 23.8. The lowest BCUT2D eigenvalue weighted by Gasteiger charge is -2.26. The highest BCUT2D eigenvalue weighted by Gasteiger charge is 2.30. The van der Waals surface area contributed by atoms with Gasteiger partial charge in [-0.25, -0.2) is 9.97 Å². The first kappa shape index (κ1) is 26.4. The van der Waals surface area contributed by atoms with Crippen LogP contribution in [0.1, 0.15) is 27.9 Å². The van der Waals surface area contributed by atoms with Gasteiger partial charge in [-0.2, -0.15) is 13.2 Å². The molecule has 0 saturated carbocycles. The summed E-state index contributed by atoms with van der Waals surface area (Å²) >= 11 is 0. The highest BCUT2D eigenvalue weighted by atomic mass is 19.4. The summed E-state index contributed by atoms with van der Waals surface area (Å²) in [6.07, 6.45) is -0.260. The molecular formula is C26H29F3N6O2. The number of nitrogens with one attached hydrogen (secondary N) is 3. The van der Waals surface area contributed by atoms with E-state index in [2.05, 4.69) is 30.8 Å². The summed E-state index contributed by atoms with van der Waals surface area (Å²) in [5, 5.41) is 9.00. The third-order valence-electron chi connectivity index (χ3n) is 5.85. The van der Waals surface area contributed by atoms with Gasteiger partial charge in [-0.15, -0.1) is 0 Å². The Balaban J connectivity index is 1.32. The molecule has 3 heterocycles. The lowest BCUT2D eigenvalue weighted by molar-refractivity contribution is -0.137. The van der Waals surface area contributed by atoms with Crippen LogP contribution in [0.2, 0.25) is 0 Å². The molecule has 1 aromatic carbocycles. The molecule has 0 spiro atoms. The van der Waals surface area contributed by atoms with Gasteiger partial charge in [0.15, 0.2) is 0 Å². The predicted molar refractivity (Wildman–Crippen MR) is 136 cm³/mol. The van der Waals surface area contributed by atoms with Crippen LogP contribution in [0, 0.1) is 0 Å². The number of hydrogen-bond acceptors (Lipinski definition) is 7. The number of carbonyl (C=O) groups is 1. The Hall–Kier alpha value is -3.70. The first-order valence-corrected chi connectivity index (χ1v) is 12.0. The molecule has 0 aliphatic carbocycles. The molecule has 1 saturated heterocycles. The van der Waals surface area contributed by atoms with Gasteiger partial charge in [-0.3, -0.25) is 9.69 Å². The summed E-state index contributed by atoms with van der Waals surface area (Å²) in [6, 6.07) is 11.4.